The predicted octanol–water partition coefficient (Wildman–Crippen LogP) is 5.83. The van der Waals surface area contributed by atoms with Crippen molar-refractivity contribution in [3.63, 3.8) is 0 Å². The van der Waals surface area contributed by atoms with Gasteiger partial charge in [0.1, 0.15) is 5.75 Å². The molecule has 1 heterocycles. The van der Waals surface area contributed by atoms with Gasteiger partial charge >= 0.3 is 0 Å². The summed E-state index contributed by atoms with van der Waals surface area (Å²) in [6.45, 7) is 4.81. The number of hydrogen-bond acceptors (Lipinski definition) is 3. The van der Waals surface area contributed by atoms with E-state index in [9.17, 15) is 0 Å². The zero-order chi connectivity index (χ0) is 17.6. The third-order valence-corrected chi connectivity index (χ3v) is 5.47. The summed E-state index contributed by atoms with van der Waals surface area (Å²) in [6, 6.07) is 11.1. The van der Waals surface area contributed by atoms with Gasteiger partial charge in [0, 0.05) is 12.2 Å². The van der Waals surface area contributed by atoms with Crippen molar-refractivity contribution in [1.82, 2.24) is 4.98 Å². The van der Waals surface area contributed by atoms with Gasteiger partial charge < -0.3 is 10.1 Å². The van der Waals surface area contributed by atoms with Crippen LogP contribution in [0.25, 0.3) is 0 Å². The van der Waals surface area contributed by atoms with Crippen LogP contribution in [0.3, 0.4) is 0 Å². The lowest BCUT2D eigenvalue weighted by molar-refractivity contribution is 0.340. The van der Waals surface area contributed by atoms with Crippen molar-refractivity contribution in [2.75, 3.05) is 11.9 Å². The molecule has 0 saturated heterocycles. The van der Waals surface area contributed by atoms with E-state index in [0.717, 1.165) is 41.4 Å². The second-order valence-electron chi connectivity index (χ2n) is 6.67. The Hall–Kier alpha value is -1.74. The smallest absolute Gasteiger partial charge is 0.119 e. The molecule has 1 aliphatic carbocycles. The van der Waals surface area contributed by atoms with E-state index in [-0.39, 0.29) is 0 Å². The highest BCUT2D eigenvalue weighted by Gasteiger charge is 2.23. The minimum Gasteiger partial charge on any atom is -0.494 e. The predicted molar refractivity (Wildman–Crippen MR) is 105 cm³/mol. The van der Waals surface area contributed by atoms with Crippen LogP contribution in [0.2, 0.25) is 5.02 Å². The molecule has 1 aromatic heterocycles. The first-order valence-corrected chi connectivity index (χ1v) is 9.71. The molecular weight excluding hydrogens is 332 g/mol. The molecular formula is C21H27ClN2O. The average molecular weight is 359 g/mol. The van der Waals surface area contributed by atoms with Crippen molar-refractivity contribution in [1.29, 1.82) is 0 Å². The van der Waals surface area contributed by atoms with E-state index in [0.29, 0.717) is 18.6 Å². The van der Waals surface area contributed by atoms with E-state index in [1.54, 1.807) is 0 Å². The Kier molecular flexibility index (Phi) is 6.19. The van der Waals surface area contributed by atoms with E-state index >= 15 is 0 Å². The number of benzene rings is 1. The van der Waals surface area contributed by atoms with Crippen LogP contribution in [0.1, 0.15) is 56.7 Å². The first kappa shape index (κ1) is 18.1. The maximum Gasteiger partial charge on any atom is 0.119 e. The van der Waals surface area contributed by atoms with Crippen molar-refractivity contribution < 1.29 is 4.74 Å². The highest BCUT2D eigenvalue weighted by molar-refractivity contribution is 6.33. The van der Waals surface area contributed by atoms with Crippen molar-refractivity contribution in [2.45, 2.75) is 57.9 Å². The molecule has 0 spiro atoms. The van der Waals surface area contributed by atoms with Crippen molar-refractivity contribution in [3.8, 4) is 5.75 Å². The van der Waals surface area contributed by atoms with Crippen LogP contribution in [0.4, 0.5) is 5.69 Å². The van der Waals surface area contributed by atoms with Crippen LogP contribution >= 0.6 is 11.6 Å². The average Bonchev–Trinajstić information content (AvgIpc) is 2.65. The van der Waals surface area contributed by atoms with Crippen LogP contribution in [-0.2, 0) is 6.42 Å². The Morgan fingerprint density at radius 1 is 1.08 bits per heavy atom. The van der Waals surface area contributed by atoms with Crippen molar-refractivity contribution in [3.05, 3.63) is 52.8 Å². The molecule has 25 heavy (non-hydrogen) atoms. The van der Waals surface area contributed by atoms with Gasteiger partial charge in [0.15, 0.2) is 0 Å². The Labute approximate surface area is 155 Å². The lowest BCUT2D eigenvalue weighted by Gasteiger charge is -2.30. The van der Waals surface area contributed by atoms with Crippen LogP contribution in [-0.4, -0.2) is 17.6 Å². The summed E-state index contributed by atoms with van der Waals surface area (Å²) >= 11 is 6.46. The summed E-state index contributed by atoms with van der Waals surface area (Å²) in [4.78, 5) is 4.34. The summed E-state index contributed by atoms with van der Waals surface area (Å²) in [5.41, 5.74) is 3.42. The van der Waals surface area contributed by atoms with Crippen LogP contribution in [0, 0.1) is 0 Å². The lowest BCUT2D eigenvalue weighted by atomic mass is 9.81. The third kappa shape index (κ3) is 4.46. The summed E-state index contributed by atoms with van der Waals surface area (Å²) in [5, 5.41) is 4.41. The normalized spacial score (nSPS) is 20.3. The molecule has 4 heteroatoms. The van der Waals surface area contributed by atoms with Crippen LogP contribution in [0.5, 0.6) is 5.75 Å². The van der Waals surface area contributed by atoms with E-state index < -0.39 is 0 Å². The summed E-state index contributed by atoms with van der Waals surface area (Å²) in [7, 11) is 0. The van der Waals surface area contributed by atoms with E-state index in [2.05, 4.69) is 41.5 Å². The lowest BCUT2D eigenvalue weighted by Crippen LogP contribution is -2.25. The second-order valence-corrected chi connectivity index (χ2v) is 7.05. The molecule has 1 aliphatic rings. The number of ether oxygens (including phenoxy) is 1. The molecule has 1 aromatic carbocycles. The Morgan fingerprint density at radius 3 is 2.44 bits per heavy atom. The monoisotopic (exact) mass is 358 g/mol. The largest absolute Gasteiger partial charge is 0.494 e. The number of nitrogens with one attached hydrogen (secondary N) is 1. The van der Waals surface area contributed by atoms with Gasteiger partial charge in [-0.3, -0.25) is 4.98 Å². The highest BCUT2D eigenvalue weighted by atomic mass is 35.5. The first-order chi connectivity index (χ1) is 12.2. The number of aromatic nitrogens is 1. The molecule has 3 nitrogen and oxygen atoms in total. The van der Waals surface area contributed by atoms with E-state index in [4.69, 9.17) is 16.3 Å². The van der Waals surface area contributed by atoms with Gasteiger partial charge in [-0.2, -0.15) is 0 Å². The molecule has 1 N–H and O–H groups in total. The number of pyridine rings is 1. The summed E-state index contributed by atoms with van der Waals surface area (Å²) in [6.07, 6.45) is 7.44. The van der Waals surface area contributed by atoms with Gasteiger partial charge in [-0.1, -0.05) is 30.7 Å². The molecule has 0 bridgehead atoms. The fraction of sp³-hybridized carbons (Fsp3) is 0.476. The molecule has 0 atom stereocenters. The topological polar surface area (TPSA) is 34.1 Å². The van der Waals surface area contributed by atoms with Gasteiger partial charge in [0.25, 0.3) is 0 Å². The summed E-state index contributed by atoms with van der Waals surface area (Å²) in [5.74, 6) is 1.61. The molecule has 134 valence electrons. The number of halogens is 1. The maximum atomic E-state index is 6.46. The Morgan fingerprint density at radius 2 is 1.80 bits per heavy atom. The molecule has 0 radical (unpaired) electrons. The van der Waals surface area contributed by atoms with Crippen LogP contribution in [0.15, 0.2) is 36.5 Å². The molecule has 0 aliphatic heterocycles. The minimum absolute atomic E-state index is 0.489. The van der Waals surface area contributed by atoms with Gasteiger partial charge in [-0.05, 0) is 68.7 Å². The van der Waals surface area contributed by atoms with Gasteiger partial charge in [0.2, 0.25) is 0 Å². The van der Waals surface area contributed by atoms with E-state index in [1.807, 2.05) is 19.2 Å². The fourth-order valence-electron chi connectivity index (χ4n) is 3.64. The van der Waals surface area contributed by atoms with Gasteiger partial charge in [-0.15, -0.1) is 0 Å². The zero-order valence-electron chi connectivity index (χ0n) is 15.1. The molecule has 0 amide bonds. The third-order valence-electron chi connectivity index (χ3n) is 5.05. The molecule has 1 saturated carbocycles. The molecule has 3 rings (SSSR count). The summed E-state index contributed by atoms with van der Waals surface area (Å²) < 4.78 is 5.53. The first-order valence-electron chi connectivity index (χ1n) is 9.34. The molecule has 1 fully saturated rings. The van der Waals surface area contributed by atoms with E-state index in [1.165, 1.54) is 18.4 Å². The zero-order valence-corrected chi connectivity index (χ0v) is 15.9. The van der Waals surface area contributed by atoms with Crippen LogP contribution < -0.4 is 10.1 Å². The number of aryl methyl sites for hydroxylation is 1. The quantitative estimate of drug-likeness (QED) is 0.704. The van der Waals surface area contributed by atoms with Crippen molar-refractivity contribution in [2.24, 2.45) is 0 Å². The maximum absolute atomic E-state index is 6.46. The highest BCUT2D eigenvalue weighted by Crippen LogP contribution is 2.35. The van der Waals surface area contributed by atoms with Gasteiger partial charge in [0.05, 0.1) is 23.0 Å². The number of nitrogens with zero attached hydrogens (tertiary/aromatic N) is 1. The standard InChI is InChI=1S/C21H27ClN2O/c1-3-19-21(22)20(13-14-23-19)24-17-9-5-15(6-10-17)16-7-11-18(12-8-16)25-4-2/h7-8,11-15,17H,3-6,9-10H2,1-2H3,(H,23,24). The van der Waals surface area contributed by atoms with Crippen molar-refractivity contribution >= 4 is 17.3 Å². The Bertz CT molecular complexity index is 679. The number of anilines is 1. The molecule has 0 unspecified atom stereocenters. The fourth-order valence-corrected chi connectivity index (χ4v) is 3.94. The number of rotatable bonds is 6. The Balaban J connectivity index is 1.57. The minimum atomic E-state index is 0.489. The number of hydrogen-bond donors (Lipinski definition) is 1. The second kappa shape index (κ2) is 8.57. The molecule has 2 aromatic rings. The van der Waals surface area contributed by atoms with Gasteiger partial charge in [-0.25, -0.2) is 0 Å². The SMILES string of the molecule is CCOc1ccc(C2CCC(Nc3ccnc(CC)c3Cl)CC2)cc1.